The molecule has 1 aromatic heterocycles. The maximum atomic E-state index is 12.1. The van der Waals surface area contributed by atoms with Crippen LogP contribution in [-0.4, -0.2) is 23.9 Å². The van der Waals surface area contributed by atoms with E-state index in [0.29, 0.717) is 22.7 Å². The summed E-state index contributed by atoms with van der Waals surface area (Å²) in [5.74, 6) is -0.00336. The molecule has 0 unspecified atom stereocenters. The quantitative estimate of drug-likeness (QED) is 0.907. The number of halogens is 1. The summed E-state index contributed by atoms with van der Waals surface area (Å²) in [6.45, 7) is 1.42. The first-order chi connectivity index (χ1) is 10.1. The van der Waals surface area contributed by atoms with Crippen molar-refractivity contribution in [1.82, 2.24) is 4.98 Å². The fourth-order valence-electron chi connectivity index (χ4n) is 1.77. The Kier molecular flexibility index (Phi) is 6.34. The fraction of sp³-hybridized carbons (Fsp3) is 0.133. The van der Waals surface area contributed by atoms with Crippen molar-refractivity contribution in [2.24, 2.45) is 0 Å². The van der Waals surface area contributed by atoms with Gasteiger partial charge in [0.2, 0.25) is 5.91 Å². The summed E-state index contributed by atoms with van der Waals surface area (Å²) >= 11 is 0. The second-order valence-corrected chi connectivity index (χ2v) is 4.29. The molecule has 6 nitrogen and oxygen atoms in total. The summed E-state index contributed by atoms with van der Waals surface area (Å²) in [6, 6.07) is 8.34. The summed E-state index contributed by atoms with van der Waals surface area (Å²) in [7, 11) is 1.49. The molecule has 0 saturated carbocycles. The van der Waals surface area contributed by atoms with E-state index in [1.807, 2.05) is 0 Å². The van der Waals surface area contributed by atoms with Crippen molar-refractivity contribution in [3.63, 3.8) is 0 Å². The van der Waals surface area contributed by atoms with Gasteiger partial charge in [0, 0.05) is 31.1 Å². The summed E-state index contributed by atoms with van der Waals surface area (Å²) in [6.07, 6.45) is 3.08. The molecule has 1 heterocycles. The molecule has 0 spiro atoms. The molecule has 0 aliphatic heterocycles. The van der Waals surface area contributed by atoms with Crippen LogP contribution in [-0.2, 0) is 4.79 Å². The lowest BCUT2D eigenvalue weighted by Crippen LogP contribution is -2.13. The fourth-order valence-corrected chi connectivity index (χ4v) is 1.77. The van der Waals surface area contributed by atoms with Crippen molar-refractivity contribution in [1.29, 1.82) is 0 Å². The number of nitrogens with zero attached hydrogens (tertiary/aromatic N) is 1. The smallest absolute Gasteiger partial charge is 0.257 e. The number of anilines is 2. The number of amides is 2. The normalized spacial score (nSPS) is 9.36. The Bertz CT molecular complexity index is 662. The van der Waals surface area contributed by atoms with E-state index in [-0.39, 0.29) is 24.2 Å². The van der Waals surface area contributed by atoms with Crippen LogP contribution in [0, 0.1) is 0 Å². The standard InChI is InChI=1S/C15H15N3O3.ClH/c1-10(19)17-12-5-6-13(14(8-12)21-2)18-15(20)11-4-3-7-16-9-11;/h3-9H,1-2H3,(H,17,19)(H,18,20);1H. The van der Waals surface area contributed by atoms with Gasteiger partial charge in [0.15, 0.2) is 0 Å². The molecular weight excluding hydrogens is 306 g/mol. The molecular formula is C15H16ClN3O3. The molecule has 2 rings (SSSR count). The van der Waals surface area contributed by atoms with Gasteiger partial charge >= 0.3 is 0 Å². The van der Waals surface area contributed by atoms with Crippen LogP contribution in [0.15, 0.2) is 42.7 Å². The van der Waals surface area contributed by atoms with Crippen LogP contribution in [0.4, 0.5) is 11.4 Å². The third kappa shape index (κ3) is 4.46. The number of benzene rings is 1. The van der Waals surface area contributed by atoms with Gasteiger partial charge in [-0.05, 0) is 24.3 Å². The van der Waals surface area contributed by atoms with Crippen molar-refractivity contribution in [2.45, 2.75) is 6.92 Å². The van der Waals surface area contributed by atoms with E-state index < -0.39 is 0 Å². The van der Waals surface area contributed by atoms with Crippen LogP contribution in [0.1, 0.15) is 17.3 Å². The lowest BCUT2D eigenvalue weighted by molar-refractivity contribution is -0.114. The average molecular weight is 322 g/mol. The van der Waals surface area contributed by atoms with Crippen LogP contribution in [0.2, 0.25) is 0 Å². The average Bonchev–Trinajstić information content (AvgIpc) is 2.49. The first-order valence-electron chi connectivity index (χ1n) is 6.27. The Hall–Kier alpha value is -2.60. The Morgan fingerprint density at radius 1 is 1.18 bits per heavy atom. The summed E-state index contributed by atoms with van der Waals surface area (Å²) in [5.41, 5.74) is 1.56. The number of hydrogen-bond donors (Lipinski definition) is 2. The van der Waals surface area contributed by atoms with E-state index in [4.69, 9.17) is 4.74 Å². The van der Waals surface area contributed by atoms with Gasteiger partial charge in [-0.1, -0.05) is 0 Å². The van der Waals surface area contributed by atoms with Crippen LogP contribution < -0.4 is 15.4 Å². The molecule has 7 heteroatoms. The highest BCUT2D eigenvalue weighted by Gasteiger charge is 2.10. The number of rotatable bonds is 4. The second-order valence-electron chi connectivity index (χ2n) is 4.29. The van der Waals surface area contributed by atoms with Crippen LogP contribution in [0.3, 0.4) is 0 Å². The van der Waals surface area contributed by atoms with Gasteiger partial charge < -0.3 is 15.4 Å². The molecule has 2 N–H and O–H groups in total. The van der Waals surface area contributed by atoms with Crippen LogP contribution in [0.5, 0.6) is 5.75 Å². The SMILES string of the molecule is COc1cc(NC(C)=O)ccc1NC(=O)c1cccnc1.Cl. The zero-order valence-corrected chi connectivity index (χ0v) is 12.9. The topological polar surface area (TPSA) is 80.3 Å². The van der Waals surface area contributed by atoms with Crippen molar-refractivity contribution < 1.29 is 14.3 Å². The second kappa shape index (κ2) is 7.99. The maximum Gasteiger partial charge on any atom is 0.257 e. The first-order valence-corrected chi connectivity index (χ1v) is 6.27. The van der Waals surface area contributed by atoms with E-state index >= 15 is 0 Å². The molecule has 22 heavy (non-hydrogen) atoms. The Labute approximate surface area is 134 Å². The summed E-state index contributed by atoms with van der Waals surface area (Å²) in [4.78, 5) is 27.0. The largest absolute Gasteiger partial charge is 0.494 e. The molecule has 0 atom stereocenters. The van der Waals surface area contributed by atoms with Gasteiger partial charge in [-0.15, -0.1) is 12.4 Å². The van der Waals surface area contributed by atoms with E-state index in [1.54, 1.807) is 36.5 Å². The van der Waals surface area contributed by atoms with Gasteiger partial charge in [-0.2, -0.15) is 0 Å². The minimum Gasteiger partial charge on any atom is -0.494 e. The lowest BCUT2D eigenvalue weighted by atomic mass is 10.2. The predicted octanol–water partition coefficient (Wildman–Crippen LogP) is 2.72. The van der Waals surface area contributed by atoms with Gasteiger partial charge in [0.05, 0.1) is 18.4 Å². The molecule has 0 bridgehead atoms. The van der Waals surface area contributed by atoms with Crippen LogP contribution >= 0.6 is 12.4 Å². The third-order valence-corrected chi connectivity index (χ3v) is 2.69. The minimum absolute atomic E-state index is 0. The van der Waals surface area contributed by atoms with Crippen molar-refractivity contribution in [3.05, 3.63) is 48.3 Å². The molecule has 0 radical (unpaired) electrons. The van der Waals surface area contributed by atoms with Gasteiger partial charge in [0.25, 0.3) is 5.91 Å². The molecule has 2 aromatic rings. The van der Waals surface area contributed by atoms with Gasteiger partial charge in [0.1, 0.15) is 5.75 Å². The molecule has 2 amide bonds. The van der Waals surface area contributed by atoms with Gasteiger partial charge in [-0.3, -0.25) is 14.6 Å². The molecule has 0 aliphatic rings. The van der Waals surface area contributed by atoms with E-state index in [9.17, 15) is 9.59 Å². The molecule has 0 aliphatic carbocycles. The predicted molar refractivity (Wildman–Crippen MR) is 86.7 cm³/mol. The Morgan fingerprint density at radius 3 is 2.55 bits per heavy atom. The van der Waals surface area contributed by atoms with Crippen molar-refractivity contribution >= 4 is 35.6 Å². The summed E-state index contributed by atoms with van der Waals surface area (Å²) in [5, 5.41) is 5.39. The van der Waals surface area contributed by atoms with E-state index in [1.165, 1.54) is 20.2 Å². The molecule has 0 saturated heterocycles. The zero-order chi connectivity index (χ0) is 15.2. The van der Waals surface area contributed by atoms with Crippen molar-refractivity contribution in [2.75, 3.05) is 17.7 Å². The Balaban J connectivity index is 0.00000242. The summed E-state index contributed by atoms with van der Waals surface area (Å²) < 4.78 is 5.22. The number of nitrogens with one attached hydrogen (secondary N) is 2. The number of pyridine rings is 1. The highest BCUT2D eigenvalue weighted by Crippen LogP contribution is 2.28. The van der Waals surface area contributed by atoms with Crippen molar-refractivity contribution in [3.8, 4) is 5.75 Å². The number of ether oxygens (including phenoxy) is 1. The highest BCUT2D eigenvalue weighted by molar-refractivity contribution is 6.05. The molecule has 0 fully saturated rings. The minimum atomic E-state index is -0.284. The highest BCUT2D eigenvalue weighted by atomic mass is 35.5. The first kappa shape index (κ1) is 17.5. The Morgan fingerprint density at radius 2 is 1.95 bits per heavy atom. The number of hydrogen-bond acceptors (Lipinski definition) is 4. The van der Waals surface area contributed by atoms with E-state index in [0.717, 1.165) is 0 Å². The van der Waals surface area contributed by atoms with Crippen LogP contribution in [0.25, 0.3) is 0 Å². The molecule has 116 valence electrons. The third-order valence-electron chi connectivity index (χ3n) is 2.69. The number of methoxy groups -OCH3 is 1. The lowest BCUT2D eigenvalue weighted by Gasteiger charge is -2.12. The van der Waals surface area contributed by atoms with E-state index in [2.05, 4.69) is 15.6 Å². The number of carbonyl (C=O) groups is 2. The van der Waals surface area contributed by atoms with Gasteiger partial charge in [-0.25, -0.2) is 0 Å². The number of aromatic nitrogens is 1. The zero-order valence-electron chi connectivity index (χ0n) is 12.1. The maximum absolute atomic E-state index is 12.1. The monoisotopic (exact) mass is 321 g/mol. The molecule has 1 aromatic carbocycles. The number of carbonyl (C=O) groups excluding carboxylic acids is 2.